The van der Waals surface area contributed by atoms with Crippen LogP contribution < -0.4 is 16.1 Å². The van der Waals surface area contributed by atoms with Crippen LogP contribution in [0.25, 0.3) is 23.8 Å². The average molecular weight is 365 g/mol. The van der Waals surface area contributed by atoms with E-state index in [2.05, 4.69) is 33.0 Å². The third-order valence-electron chi connectivity index (χ3n) is 4.04. The molecule has 4 rings (SSSR count). The van der Waals surface area contributed by atoms with Gasteiger partial charge in [-0.3, -0.25) is 9.78 Å². The predicted octanol–water partition coefficient (Wildman–Crippen LogP) is 2.51. The molecule has 6 heteroatoms. The highest BCUT2D eigenvalue weighted by atomic mass is 32.2. The summed E-state index contributed by atoms with van der Waals surface area (Å²) in [6, 6.07) is 7.97. The Morgan fingerprint density at radius 2 is 2.04 bits per heavy atom. The SMILES string of the molecule is C=c1[nH]c2[nH]c(=O)c(=Cc3cc(SC)cs3)c=2cc1-c1ccncc1. The molecule has 124 valence electrons. The van der Waals surface area contributed by atoms with Crippen molar-refractivity contribution in [3.05, 3.63) is 78.5 Å². The van der Waals surface area contributed by atoms with Gasteiger partial charge in [-0.15, -0.1) is 23.1 Å². The predicted molar refractivity (Wildman–Crippen MR) is 104 cm³/mol. The molecule has 0 atom stereocenters. The lowest BCUT2D eigenvalue weighted by atomic mass is 10.1. The number of aromatic amines is 2. The van der Waals surface area contributed by atoms with Crippen LogP contribution in [0.3, 0.4) is 0 Å². The molecule has 0 saturated heterocycles. The second-order valence-electron chi connectivity index (χ2n) is 5.59. The molecular formula is C19H15N3OS2. The first-order valence-electron chi connectivity index (χ1n) is 7.64. The Labute approximate surface area is 151 Å². The molecule has 0 spiro atoms. The zero-order valence-corrected chi connectivity index (χ0v) is 15.1. The molecule has 2 aliphatic heterocycles. The number of rotatable bonds is 3. The van der Waals surface area contributed by atoms with Gasteiger partial charge in [-0.05, 0) is 42.2 Å². The van der Waals surface area contributed by atoms with Crippen molar-refractivity contribution in [2.45, 2.75) is 4.90 Å². The summed E-state index contributed by atoms with van der Waals surface area (Å²) < 4.78 is 0. The molecule has 2 aromatic rings. The number of nitrogens with zero attached hydrogens (tertiary/aromatic N) is 1. The summed E-state index contributed by atoms with van der Waals surface area (Å²) >= 11 is 3.33. The monoisotopic (exact) mass is 365 g/mol. The standard InChI is InChI=1S/C19H15N3OS2/c1-11-15(12-3-5-20-6-4-12)9-16-17(19(23)22-18(16)21-11)8-13-7-14(24-2)10-25-13/h3-10,21H,1H2,2H3,(H,22,23). The van der Waals surface area contributed by atoms with Crippen molar-refractivity contribution in [1.82, 2.24) is 15.0 Å². The molecule has 0 radical (unpaired) electrons. The fourth-order valence-corrected chi connectivity index (χ4v) is 4.34. The number of thiophene rings is 1. The maximum atomic E-state index is 12.4. The lowest BCUT2D eigenvalue weighted by molar-refractivity contribution is 1.08. The highest BCUT2D eigenvalue weighted by molar-refractivity contribution is 7.98. The van der Waals surface area contributed by atoms with E-state index in [0.29, 0.717) is 10.7 Å². The summed E-state index contributed by atoms with van der Waals surface area (Å²) in [6.45, 7) is 4.08. The molecule has 2 aromatic heterocycles. The number of aromatic nitrogens is 3. The molecule has 0 bridgehead atoms. The van der Waals surface area contributed by atoms with E-state index >= 15 is 0 Å². The van der Waals surface area contributed by atoms with Gasteiger partial charge in [0.25, 0.3) is 5.56 Å². The Morgan fingerprint density at radius 3 is 2.76 bits per heavy atom. The summed E-state index contributed by atoms with van der Waals surface area (Å²) in [7, 11) is 0. The number of hydrogen-bond donors (Lipinski definition) is 2. The van der Waals surface area contributed by atoms with Gasteiger partial charge in [0.2, 0.25) is 0 Å². The Kier molecular flexibility index (Phi) is 4.07. The summed E-state index contributed by atoms with van der Waals surface area (Å²) in [5.41, 5.74) is 2.57. The quantitative estimate of drug-likeness (QED) is 0.549. The Bertz CT molecular complexity index is 1270. The molecule has 0 unspecified atom stereocenters. The molecule has 0 fully saturated rings. The highest BCUT2D eigenvalue weighted by Gasteiger charge is 2.06. The van der Waals surface area contributed by atoms with E-state index in [1.807, 2.05) is 30.5 Å². The van der Waals surface area contributed by atoms with E-state index in [-0.39, 0.29) is 5.56 Å². The molecule has 0 amide bonds. The van der Waals surface area contributed by atoms with Crippen LogP contribution in [-0.4, -0.2) is 21.2 Å². The molecule has 2 N–H and O–H groups in total. The van der Waals surface area contributed by atoms with Gasteiger partial charge in [-0.2, -0.15) is 0 Å². The van der Waals surface area contributed by atoms with Gasteiger partial charge in [-0.25, -0.2) is 0 Å². The highest BCUT2D eigenvalue weighted by Crippen LogP contribution is 2.23. The second-order valence-corrected chi connectivity index (χ2v) is 7.41. The minimum absolute atomic E-state index is 0.100. The van der Waals surface area contributed by atoms with Gasteiger partial charge >= 0.3 is 0 Å². The van der Waals surface area contributed by atoms with Crippen molar-refractivity contribution in [2.75, 3.05) is 6.26 Å². The van der Waals surface area contributed by atoms with E-state index in [1.165, 1.54) is 4.90 Å². The lowest BCUT2D eigenvalue weighted by Gasteiger charge is -2.01. The zero-order valence-electron chi connectivity index (χ0n) is 13.5. The third-order valence-corrected chi connectivity index (χ3v) is 5.78. The normalized spacial score (nSPS) is 12.1. The van der Waals surface area contributed by atoms with Gasteiger partial charge in [0.05, 0.1) is 5.22 Å². The van der Waals surface area contributed by atoms with Crippen LogP contribution in [0.5, 0.6) is 0 Å². The van der Waals surface area contributed by atoms with Crippen LogP contribution in [0.4, 0.5) is 0 Å². The van der Waals surface area contributed by atoms with Crippen molar-refractivity contribution < 1.29 is 0 Å². The third kappa shape index (κ3) is 2.94. The van der Waals surface area contributed by atoms with Crippen molar-refractivity contribution in [2.24, 2.45) is 0 Å². The molecular weight excluding hydrogens is 350 g/mol. The van der Waals surface area contributed by atoms with Crippen LogP contribution in [0.15, 0.2) is 51.7 Å². The fourth-order valence-electron chi connectivity index (χ4n) is 2.80. The topological polar surface area (TPSA) is 61.5 Å². The number of thioether (sulfide) groups is 1. The summed E-state index contributed by atoms with van der Waals surface area (Å²) in [5.74, 6) is 0. The Balaban J connectivity index is 2.00. The molecule has 4 nitrogen and oxygen atoms in total. The van der Waals surface area contributed by atoms with Crippen molar-refractivity contribution in [1.29, 1.82) is 0 Å². The molecule has 25 heavy (non-hydrogen) atoms. The first kappa shape index (κ1) is 15.9. The first-order valence-corrected chi connectivity index (χ1v) is 9.75. The van der Waals surface area contributed by atoms with Gasteiger partial charge in [0.15, 0.2) is 0 Å². The van der Waals surface area contributed by atoms with Crippen LogP contribution in [0.1, 0.15) is 4.88 Å². The Hall–Kier alpha value is -2.57. The fraction of sp³-hybridized carbons (Fsp3) is 0.0526. The number of H-pyrrole nitrogens is 2. The molecule has 0 aromatic carbocycles. The zero-order chi connectivity index (χ0) is 17.4. The van der Waals surface area contributed by atoms with E-state index in [0.717, 1.165) is 26.6 Å². The number of pyridine rings is 1. The average Bonchev–Trinajstić information content (AvgIpc) is 3.20. The van der Waals surface area contributed by atoms with Crippen molar-refractivity contribution >= 4 is 35.8 Å². The maximum Gasteiger partial charge on any atom is 0.257 e. The lowest BCUT2D eigenvalue weighted by Crippen LogP contribution is -2.22. The van der Waals surface area contributed by atoms with Gasteiger partial charge in [-0.1, -0.05) is 6.58 Å². The van der Waals surface area contributed by atoms with E-state index in [9.17, 15) is 4.79 Å². The van der Waals surface area contributed by atoms with Crippen LogP contribution in [0.2, 0.25) is 0 Å². The molecule has 2 aliphatic rings. The van der Waals surface area contributed by atoms with Crippen LogP contribution in [0, 0.1) is 10.7 Å². The number of hydrogen-bond acceptors (Lipinski definition) is 4. The second kappa shape index (κ2) is 6.38. The van der Waals surface area contributed by atoms with Gasteiger partial charge in [0, 0.05) is 43.7 Å². The minimum atomic E-state index is -0.100. The van der Waals surface area contributed by atoms with Crippen LogP contribution in [-0.2, 0) is 0 Å². The Morgan fingerprint density at radius 1 is 1.24 bits per heavy atom. The smallest absolute Gasteiger partial charge is 0.257 e. The van der Waals surface area contributed by atoms with Gasteiger partial charge < -0.3 is 9.97 Å². The minimum Gasteiger partial charge on any atom is -0.341 e. The molecule has 4 heterocycles. The number of nitrogens with one attached hydrogen (secondary N) is 2. The summed E-state index contributed by atoms with van der Waals surface area (Å²) in [4.78, 5) is 24.9. The summed E-state index contributed by atoms with van der Waals surface area (Å²) in [6.07, 6.45) is 7.48. The maximum absolute atomic E-state index is 12.4. The van der Waals surface area contributed by atoms with E-state index < -0.39 is 0 Å². The van der Waals surface area contributed by atoms with Crippen molar-refractivity contribution in [3.8, 4) is 11.1 Å². The molecule has 0 aliphatic carbocycles. The van der Waals surface area contributed by atoms with Crippen molar-refractivity contribution in [3.63, 3.8) is 0 Å². The molecule has 0 saturated carbocycles. The summed E-state index contributed by atoms with van der Waals surface area (Å²) in [5, 5.41) is 4.38. The van der Waals surface area contributed by atoms with Crippen LogP contribution >= 0.6 is 23.1 Å². The van der Waals surface area contributed by atoms with E-state index in [1.54, 1.807) is 35.5 Å². The first-order chi connectivity index (χ1) is 12.2. The largest absolute Gasteiger partial charge is 0.341 e. The van der Waals surface area contributed by atoms with E-state index in [4.69, 9.17) is 0 Å². The van der Waals surface area contributed by atoms with Gasteiger partial charge in [0.1, 0.15) is 5.48 Å².